The summed E-state index contributed by atoms with van der Waals surface area (Å²) in [6.45, 7) is 1.41. The molecule has 2 aromatic rings. The number of amides is 1. The van der Waals surface area contributed by atoms with Gasteiger partial charge in [0, 0.05) is 12.6 Å². The number of carbonyl (C=O) groups is 1. The lowest BCUT2D eigenvalue weighted by molar-refractivity contribution is -0.114. The molecule has 0 spiro atoms. The van der Waals surface area contributed by atoms with Crippen LogP contribution in [0.4, 0.5) is 21.6 Å². The normalized spacial score (nSPS) is 10.1. The monoisotopic (exact) mass is 279 g/mol. The number of nitrogens with one attached hydrogen (secondary N) is 2. The van der Waals surface area contributed by atoms with Crippen LogP contribution in [0.1, 0.15) is 6.92 Å². The number of hydrogen-bond donors (Lipinski definition) is 2. The predicted molar refractivity (Wildman–Crippen MR) is 73.2 cm³/mol. The highest BCUT2D eigenvalue weighted by molar-refractivity contribution is 6.31. The van der Waals surface area contributed by atoms with Gasteiger partial charge < -0.3 is 10.6 Å². The third-order valence-corrected chi connectivity index (χ3v) is 2.57. The average Bonchev–Trinajstić information content (AvgIpc) is 2.36. The Hall–Kier alpha value is -2.14. The van der Waals surface area contributed by atoms with Crippen LogP contribution >= 0.6 is 11.6 Å². The van der Waals surface area contributed by atoms with Crippen LogP contribution in [0.2, 0.25) is 5.02 Å². The molecule has 0 aliphatic rings. The molecule has 2 N–H and O–H groups in total. The number of aromatic nitrogens is 1. The van der Waals surface area contributed by atoms with Crippen molar-refractivity contribution in [1.82, 2.24) is 4.98 Å². The van der Waals surface area contributed by atoms with Crippen molar-refractivity contribution in [1.29, 1.82) is 0 Å². The number of rotatable bonds is 3. The van der Waals surface area contributed by atoms with Crippen molar-refractivity contribution in [3.8, 4) is 0 Å². The van der Waals surface area contributed by atoms with Gasteiger partial charge in [0.25, 0.3) is 0 Å². The van der Waals surface area contributed by atoms with E-state index in [-0.39, 0.29) is 10.9 Å². The Kier molecular flexibility index (Phi) is 3.97. The van der Waals surface area contributed by atoms with E-state index in [0.717, 1.165) is 0 Å². The van der Waals surface area contributed by atoms with Crippen LogP contribution in [-0.2, 0) is 4.79 Å². The Morgan fingerprint density at radius 3 is 2.58 bits per heavy atom. The summed E-state index contributed by atoms with van der Waals surface area (Å²) in [5.74, 6) is -0.180. The van der Waals surface area contributed by atoms with Gasteiger partial charge in [0.1, 0.15) is 11.6 Å². The summed E-state index contributed by atoms with van der Waals surface area (Å²) in [7, 11) is 0. The molecule has 0 radical (unpaired) electrons. The number of anilines is 3. The first kappa shape index (κ1) is 13.3. The maximum Gasteiger partial charge on any atom is 0.222 e. The van der Waals surface area contributed by atoms with Gasteiger partial charge in [-0.1, -0.05) is 11.6 Å². The number of benzene rings is 1. The third kappa shape index (κ3) is 3.66. The van der Waals surface area contributed by atoms with E-state index in [1.165, 1.54) is 19.1 Å². The summed E-state index contributed by atoms with van der Waals surface area (Å²) < 4.78 is 13.0. The van der Waals surface area contributed by atoms with Crippen LogP contribution < -0.4 is 10.6 Å². The first-order valence-corrected chi connectivity index (χ1v) is 5.88. The van der Waals surface area contributed by atoms with Gasteiger partial charge in [-0.15, -0.1) is 0 Å². The zero-order chi connectivity index (χ0) is 13.8. The number of carbonyl (C=O) groups excluding carboxylic acids is 1. The number of nitrogens with zero attached hydrogens (tertiary/aromatic N) is 1. The Morgan fingerprint density at radius 2 is 2.00 bits per heavy atom. The molecule has 1 amide bonds. The fourth-order valence-corrected chi connectivity index (χ4v) is 1.64. The fraction of sp³-hybridized carbons (Fsp3) is 0.0769. The van der Waals surface area contributed by atoms with Gasteiger partial charge in [0.15, 0.2) is 0 Å². The minimum absolute atomic E-state index is 0.0489. The molecule has 0 atom stereocenters. The van der Waals surface area contributed by atoms with Gasteiger partial charge >= 0.3 is 0 Å². The van der Waals surface area contributed by atoms with Crippen LogP contribution in [0.15, 0.2) is 36.5 Å². The second-order valence-electron chi connectivity index (χ2n) is 3.87. The summed E-state index contributed by atoms with van der Waals surface area (Å²) in [6, 6.07) is 7.75. The van der Waals surface area contributed by atoms with Gasteiger partial charge in [-0.25, -0.2) is 9.37 Å². The molecule has 19 heavy (non-hydrogen) atoms. The van der Waals surface area contributed by atoms with E-state index in [9.17, 15) is 9.18 Å². The summed E-state index contributed by atoms with van der Waals surface area (Å²) in [4.78, 5) is 14.9. The summed E-state index contributed by atoms with van der Waals surface area (Å²) >= 11 is 5.68. The number of hydrogen-bond acceptors (Lipinski definition) is 3. The van der Waals surface area contributed by atoms with E-state index >= 15 is 0 Å². The molecule has 0 saturated heterocycles. The SMILES string of the molecule is CC(=O)Nc1ccc(Nc2ccc(F)c(Cl)c2)cn1. The van der Waals surface area contributed by atoms with Crippen LogP contribution in [0, 0.1) is 5.82 Å². The summed E-state index contributed by atoms with van der Waals surface area (Å²) in [5.41, 5.74) is 1.36. The summed E-state index contributed by atoms with van der Waals surface area (Å²) in [6.07, 6.45) is 1.56. The van der Waals surface area contributed by atoms with E-state index < -0.39 is 5.82 Å². The van der Waals surface area contributed by atoms with Gasteiger partial charge in [0.2, 0.25) is 5.91 Å². The third-order valence-electron chi connectivity index (χ3n) is 2.28. The highest BCUT2D eigenvalue weighted by Gasteiger charge is 2.02. The molecule has 6 heteroatoms. The molecule has 2 rings (SSSR count). The molecule has 0 aliphatic carbocycles. The zero-order valence-electron chi connectivity index (χ0n) is 10.1. The maximum atomic E-state index is 13.0. The van der Waals surface area contributed by atoms with Crippen molar-refractivity contribution in [3.05, 3.63) is 47.4 Å². The van der Waals surface area contributed by atoms with E-state index in [2.05, 4.69) is 15.6 Å². The summed E-state index contributed by atoms with van der Waals surface area (Å²) in [5, 5.41) is 5.64. The predicted octanol–water partition coefficient (Wildman–Crippen LogP) is 3.58. The molecular formula is C13H11ClFN3O. The molecule has 4 nitrogen and oxygen atoms in total. The van der Waals surface area contributed by atoms with E-state index in [1.54, 1.807) is 24.4 Å². The topological polar surface area (TPSA) is 54.0 Å². The molecule has 0 bridgehead atoms. The van der Waals surface area contributed by atoms with Crippen LogP contribution in [-0.4, -0.2) is 10.9 Å². The average molecular weight is 280 g/mol. The van der Waals surface area contributed by atoms with Crippen molar-refractivity contribution in [2.45, 2.75) is 6.92 Å². The lowest BCUT2D eigenvalue weighted by Gasteiger charge is -2.07. The Labute approximate surface area is 114 Å². The van der Waals surface area contributed by atoms with Crippen LogP contribution in [0.25, 0.3) is 0 Å². The van der Waals surface area contributed by atoms with Crippen LogP contribution in [0.5, 0.6) is 0 Å². The lowest BCUT2D eigenvalue weighted by atomic mass is 10.3. The fourth-order valence-electron chi connectivity index (χ4n) is 1.46. The zero-order valence-corrected chi connectivity index (χ0v) is 10.8. The molecule has 0 fully saturated rings. The minimum Gasteiger partial charge on any atom is -0.354 e. The van der Waals surface area contributed by atoms with Gasteiger partial charge in [-0.3, -0.25) is 4.79 Å². The van der Waals surface area contributed by atoms with Crippen molar-refractivity contribution in [3.63, 3.8) is 0 Å². The lowest BCUT2D eigenvalue weighted by Crippen LogP contribution is -2.07. The van der Waals surface area contributed by atoms with Crippen molar-refractivity contribution in [2.75, 3.05) is 10.6 Å². The smallest absolute Gasteiger partial charge is 0.222 e. The largest absolute Gasteiger partial charge is 0.354 e. The Bertz CT molecular complexity index is 601. The van der Waals surface area contributed by atoms with Gasteiger partial charge in [-0.05, 0) is 30.3 Å². The second-order valence-corrected chi connectivity index (χ2v) is 4.27. The van der Waals surface area contributed by atoms with E-state index in [4.69, 9.17) is 11.6 Å². The van der Waals surface area contributed by atoms with Crippen molar-refractivity contribution < 1.29 is 9.18 Å². The van der Waals surface area contributed by atoms with Crippen LogP contribution in [0.3, 0.4) is 0 Å². The first-order chi connectivity index (χ1) is 9.04. The highest BCUT2D eigenvalue weighted by atomic mass is 35.5. The molecular weight excluding hydrogens is 269 g/mol. The Balaban J connectivity index is 2.10. The number of pyridine rings is 1. The van der Waals surface area contributed by atoms with Crippen molar-refractivity contribution >= 4 is 34.7 Å². The molecule has 98 valence electrons. The first-order valence-electron chi connectivity index (χ1n) is 5.50. The molecule has 0 unspecified atom stereocenters. The highest BCUT2D eigenvalue weighted by Crippen LogP contribution is 2.22. The molecule has 0 aliphatic heterocycles. The molecule has 1 aromatic carbocycles. The van der Waals surface area contributed by atoms with E-state index in [0.29, 0.717) is 17.2 Å². The number of halogens is 2. The maximum absolute atomic E-state index is 13.0. The van der Waals surface area contributed by atoms with Gasteiger partial charge in [-0.2, -0.15) is 0 Å². The molecule has 1 aromatic heterocycles. The molecule has 1 heterocycles. The van der Waals surface area contributed by atoms with Gasteiger partial charge in [0.05, 0.1) is 16.9 Å². The minimum atomic E-state index is -0.466. The Morgan fingerprint density at radius 1 is 1.26 bits per heavy atom. The van der Waals surface area contributed by atoms with E-state index in [1.807, 2.05) is 0 Å². The van der Waals surface area contributed by atoms with Crippen molar-refractivity contribution in [2.24, 2.45) is 0 Å². The second kappa shape index (κ2) is 5.67. The standard InChI is InChI=1S/C13H11ClFN3O/c1-8(19)17-13-5-3-10(7-16-13)18-9-2-4-12(15)11(14)6-9/h2-7,18H,1H3,(H,16,17,19). The molecule has 0 saturated carbocycles. The quantitative estimate of drug-likeness (QED) is 0.903.